The molecule has 0 fully saturated rings. The summed E-state index contributed by atoms with van der Waals surface area (Å²) in [4.78, 5) is 10.6. The molecule has 0 aliphatic carbocycles. The summed E-state index contributed by atoms with van der Waals surface area (Å²) in [6.07, 6.45) is 3.79. The maximum Gasteiger partial charge on any atom is 0.274 e. The van der Waals surface area contributed by atoms with Crippen LogP contribution in [0.4, 0.5) is 11.4 Å². The fraction of sp³-hybridized carbons (Fsp3) is 0.400. The standard InChI is InChI=1S/C15H20N4O2/c1-11-5-6-13(7-14(11)19(20)21)16-8-12-9-17-18(10-12)15(2,3)4/h5-7,9-10,16H,8H2,1-4H3. The van der Waals surface area contributed by atoms with E-state index in [0.717, 1.165) is 11.3 Å². The SMILES string of the molecule is Cc1ccc(NCc2cnn(C(C)(C)C)c2)cc1[N+](=O)[O-]. The maximum atomic E-state index is 10.9. The third-order valence-corrected chi connectivity index (χ3v) is 3.23. The van der Waals surface area contributed by atoms with Gasteiger partial charge in [-0.3, -0.25) is 14.8 Å². The van der Waals surface area contributed by atoms with Crippen LogP contribution in [0, 0.1) is 17.0 Å². The zero-order valence-corrected chi connectivity index (χ0v) is 12.8. The van der Waals surface area contributed by atoms with Crippen LogP contribution in [0.3, 0.4) is 0 Å². The number of nitro benzene ring substituents is 1. The second kappa shape index (κ2) is 5.55. The normalized spacial score (nSPS) is 11.4. The molecule has 1 aromatic heterocycles. The molecule has 2 aromatic rings. The Morgan fingerprint density at radius 2 is 2.10 bits per heavy atom. The van der Waals surface area contributed by atoms with Crippen molar-refractivity contribution in [1.82, 2.24) is 9.78 Å². The molecule has 0 amide bonds. The summed E-state index contributed by atoms with van der Waals surface area (Å²) in [5, 5.41) is 18.4. The molecule has 2 rings (SSSR count). The highest BCUT2D eigenvalue weighted by atomic mass is 16.6. The van der Waals surface area contributed by atoms with E-state index in [4.69, 9.17) is 0 Å². The molecule has 0 bridgehead atoms. The predicted molar refractivity (Wildman–Crippen MR) is 82.4 cm³/mol. The van der Waals surface area contributed by atoms with Crippen molar-refractivity contribution >= 4 is 11.4 Å². The van der Waals surface area contributed by atoms with Gasteiger partial charge in [-0.15, -0.1) is 0 Å². The number of aromatic nitrogens is 2. The Kier molecular flexibility index (Phi) is 3.97. The van der Waals surface area contributed by atoms with Gasteiger partial charge in [0.2, 0.25) is 0 Å². The van der Waals surface area contributed by atoms with Gasteiger partial charge in [-0.25, -0.2) is 0 Å². The first-order valence-electron chi connectivity index (χ1n) is 6.80. The van der Waals surface area contributed by atoms with E-state index < -0.39 is 0 Å². The lowest BCUT2D eigenvalue weighted by Crippen LogP contribution is -2.21. The average molecular weight is 288 g/mol. The Morgan fingerprint density at radius 3 is 2.67 bits per heavy atom. The Bertz CT molecular complexity index is 656. The van der Waals surface area contributed by atoms with Crippen molar-refractivity contribution in [3.8, 4) is 0 Å². The van der Waals surface area contributed by atoms with Crippen molar-refractivity contribution in [2.75, 3.05) is 5.32 Å². The topological polar surface area (TPSA) is 73.0 Å². The van der Waals surface area contributed by atoms with Crippen LogP contribution in [-0.2, 0) is 12.1 Å². The van der Waals surface area contributed by atoms with Gasteiger partial charge >= 0.3 is 0 Å². The Balaban J connectivity index is 2.08. The molecule has 21 heavy (non-hydrogen) atoms. The minimum atomic E-state index is -0.363. The number of benzene rings is 1. The summed E-state index contributed by atoms with van der Waals surface area (Å²) < 4.78 is 1.90. The number of anilines is 1. The molecule has 112 valence electrons. The lowest BCUT2D eigenvalue weighted by molar-refractivity contribution is -0.385. The quantitative estimate of drug-likeness (QED) is 0.690. The van der Waals surface area contributed by atoms with Gasteiger partial charge in [0.15, 0.2) is 0 Å². The molecule has 6 heteroatoms. The number of aryl methyl sites for hydroxylation is 1. The molecule has 0 saturated heterocycles. The largest absolute Gasteiger partial charge is 0.381 e. The van der Waals surface area contributed by atoms with Crippen LogP contribution in [0.15, 0.2) is 30.6 Å². The van der Waals surface area contributed by atoms with Crippen molar-refractivity contribution in [2.24, 2.45) is 0 Å². The second-order valence-corrected chi connectivity index (χ2v) is 6.08. The molecular weight excluding hydrogens is 268 g/mol. The third-order valence-electron chi connectivity index (χ3n) is 3.23. The van der Waals surface area contributed by atoms with Crippen molar-refractivity contribution in [3.63, 3.8) is 0 Å². The zero-order chi connectivity index (χ0) is 15.6. The smallest absolute Gasteiger partial charge is 0.274 e. The molecule has 1 heterocycles. The minimum absolute atomic E-state index is 0.0547. The highest BCUT2D eigenvalue weighted by Gasteiger charge is 2.14. The summed E-state index contributed by atoms with van der Waals surface area (Å²) in [5.74, 6) is 0. The molecule has 0 spiro atoms. The average Bonchev–Trinajstić information content (AvgIpc) is 2.86. The summed E-state index contributed by atoms with van der Waals surface area (Å²) in [5.41, 5.74) is 2.50. The van der Waals surface area contributed by atoms with E-state index in [2.05, 4.69) is 31.2 Å². The second-order valence-electron chi connectivity index (χ2n) is 6.08. The van der Waals surface area contributed by atoms with Gasteiger partial charge in [0.25, 0.3) is 5.69 Å². The molecule has 6 nitrogen and oxygen atoms in total. The van der Waals surface area contributed by atoms with Crippen LogP contribution in [-0.4, -0.2) is 14.7 Å². The molecule has 1 N–H and O–H groups in total. The monoisotopic (exact) mass is 288 g/mol. The van der Waals surface area contributed by atoms with Gasteiger partial charge in [0.05, 0.1) is 16.7 Å². The molecule has 0 saturated carbocycles. The van der Waals surface area contributed by atoms with E-state index >= 15 is 0 Å². The first-order chi connectivity index (χ1) is 9.77. The fourth-order valence-corrected chi connectivity index (χ4v) is 1.94. The highest BCUT2D eigenvalue weighted by molar-refractivity contribution is 5.54. The Morgan fingerprint density at radius 1 is 1.38 bits per heavy atom. The van der Waals surface area contributed by atoms with Crippen molar-refractivity contribution in [3.05, 3.63) is 51.8 Å². The van der Waals surface area contributed by atoms with Crippen LogP contribution in [0.2, 0.25) is 0 Å². The molecule has 0 atom stereocenters. The number of rotatable bonds is 4. The Hall–Kier alpha value is -2.37. The maximum absolute atomic E-state index is 10.9. The minimum Gasteiger partial charge on any atom is -0.381 e. The van der Waals surface area contributed by atoms with Crippen LogP contribution in [0.5, 0.6) is 0 Å². The van der Waals surface area contributed by atoms with Gasteiger partial charge in [0, 0.05) is 35.6 Å². The number of nitrogens with zero attached hydrogens (tertiary/aromatic N) is 3. The van der Waals surface area contributed by atoms with Gasteiger partial charge in [-0.1, -0.05) is 6.07 Å². The van der Waals surface area contributed by atoms with E-state index in [-0.39, 0.29) is 16.1 Å². The number of nitrogens with one attached hydrogen (secondary N) is 1. The van der Waals surface area contributed by atoms with Crippen molar-refractivity contribution in [1.29, 1.82) is 0 Å². The van der Waals surface area contributed by atoms with Gasteiger partial charge in [-0.2, -0.15) is 5.10 Å². The zero-order valence-electron chi connectivity index (χ0n) is 12.8. The molecule has 0 radical (unpaired) electrons. The van der Waals surface area contributed by atoms with Gasteiger partial charge in [0.1, 0.15) is 0 Å². The molecular formula is C15H20N4O2. The van der Waals surface area contributed by atoms with Crippen molar-refractivity contribution < 1.29 is 4.92 Å². The van der Waals surface area contributed by atoms with E-state index in [1.165, 1.54) is 0 Å². The first-order valence-corrected chi connectivity index (χ1v) is 6.80. The van der Waals surface area contributed by atoms with E-state index in [9.17, 15) is 10.1 Å². The molecule has 0 unspecified atom stereocenters. The molecule has 0 aliphatic rings. The summed E-state index contributed by atoms with van der Waals surface area (Å²) in [6, 6.07) is 5.15. The van der Waals surface area contributed by atoms with E-state index in [1.807, 2.05) is 16.9 Å². The molecule has 1 aromatic carbocycles. The van der Waals surface area contributed by atoms with Crippen LogP contribution >= 0.6 is 0 Å². The lowest BCUT2D eigenvalue weighted by atomic mass is 10.1. The van der Waals surface area contributed by atoms with Crippen LogP contribution < -0.4 is 5.32 Å². The summed E-state index contributed by atoms with van der Waals surface area (Å²) in [6.45, 7) is 8.56. The number of nitro groups is 1. The fourth-order valence-electron chi connectivity index (χ4n) is 1.94. The van der Waals surface area contributed by atoms with Gasteiger partial charge < -0.3 is 5.32 Å². The van der Waals surface area contributed by atoms with Crippen LogP contribution in [0.25, 0.3) is 0 Å². The summed E-state index contributed by atoms with van der Waals surface area (Å²) in [7, 11) is 0. The molecule has 0 aliphatic heterocycles. The van der Waals surface area contributed by atoms with Gasteiger partial charge in [-0.05, 0) is 33.8 Å². The van der Waals surface area contributed by atoms with E-state index in [0.29, 0.717) is 12.1 Å². The summed E-state index contributed by atoms with van der Waals surface area (Å²) >= 11 is 0. The number of hydrogen-bond acceptors (Lipinski definition) is 4. The lowest BCUT2D eigenvalue weighted by Gasteiger charge is -2.18. The Labute approximate surface area is 123 Å². The van der Waals surface area contributed by atoms with Crippen molar-refractivity contribution in [2.45, 2.75) is 39.8 Å². The first kappa shape index (κ1) is 15.0. The third kappa shape index (κ3) is 3.59. The van der Waals surface area contributed by atoms with Crippen LogP contribution in [0.1, 0.15) is 31.9 Å². The number of hydrogen-bond donors (Lipinski definition) is 1. The van der Waals surface area contributed by atoms with E-state index in [1.54, 1.807) is 25.3 Å². The predicted octanol–water partition coefficient (Wildman–Crippen LogP) is 3.47. The highest BCUT2D eigenvalue weighted by Crippen LogP contribution is 2.22.